The van der Waals surface area contributed by atoms with Crippen LogP contribution in [-0.2, 0) is 0 Å². The molecule has 5 rings (SSSR count). The Hall–Kier alpha value is -2.65. The Balaban J connectivity index is 0.000000443. The van der Waals surface area contributed by atoms with Gasteiger partial charge in [-0.25, -0.2) is 24.9 Å². The number of halogens is 6. The number of hydrogen-bond acceptors (Lipinski definition) is 7. The molecule has 38 heavy (non-hydrogen) atoms. The Kier molecular flexibility index (Phi) is 12.3. The highest BCUT2D eigenvalue weighted by atomic mass is 35.6. The summed E-state index contributed by atoms with van der Waals surface area (Å²) in [5.74, 6) is 1.11. The van der Waals surface area contributed by atoms with Crippen molar-refractivity contribution in [3.05, 3.63) is 91.5 Å². The average Bonchev–Trinajstić information content (AvgIpc) is 2.94. The summed E-state index contributed by atoms with van der Waals surface area (Å²) in [6.07, 6.45) is 6.87. The number of pyridine rings is 3. The van der Waals surface area contributed by atoms with Gasteiger partial charge in [-0.3, -0.25) is 9.97 Å². The summed E-state index contributed by atoms with van der Waals surface area (Å²) in [6, 6.07) is 20.7. The Bertz CT molecular complexity index is 1300. The zero-order chi connectivity index (χ0) is 27.3. The molecule has 0 radical (unpaired) electrons. The van der Waals surface area contributed by atoms with E-state index >= 15 is 0 Å². The molecule has 0 aromatic carbocycles. The maximum Gasteiger partial charge on any atom is 0.180 e. The highest BCUT2D eigenvalue weighted by Crippen LogP contribution is 2.23. The van der Waals surface area contributed by atoms with Crippen molar-refractivity contribution in [2.24, 2.45) is 0 Å². The van der Waals surface area contributed by atoms with E-state index in [0.29, 0.717) is 34.4 Å². The Morgan fingerprint density at radius 2 is 0.737 bits per heavy atom. The molecule has 194 valence electrons. The van der Waals surface area contributed by atoms with E-state index in [1.54, 1.807) is 24.8 Å². The van der Waals surface area contributed by atoms with Crippen molar-refractivity contribution in [3.63, 3.8) is 0 Å². The highest BCUT2D eigenvalue weighted by Gasteiger charge is 2.10. The molecule has 5 aromatic rings. The normalized spacial score (nSPS) is 10.3. The Morgan fingerprint density at radius 3 is 1.11 bits per heavy atom. The van der Waals surface area contributed by atoms with Crippen LogP contribution in [0.5, 0.6) is 0 Å². The van der Waals surface area contributed by atoms with Crippen LogP contribution in [0.3, 0.4) is 0 Å². The molecular formula is C25H17Cl6N7. The quantitative estimate of drug-likeness (QED) is 0.186. The molecule has 0 unspecified atom stereocenters. The highest BCUT2D eigenvalue weighted by molar-refractivity contribution is 6.63. The summed E-state index contributed by atoms with van der Waals surface area (Å²) in [4.78, 5) is 31.3. The van der Waals surface area contributed by atoms with Gasteiger partial charge in [0.05, 0.1) is 22.8 Å². The molecule has 0 atom stereocenters. The fraction of sp³-hybridized carbons (Fsp3) is 0.0800. The minimum Gasteiger partial charge on any atom is -0.253 e. The average molecular weight is 628 g/mol. The third kappa shape index (κ3) is 9.91. The minimum atomic E-state index is -0.750. The zero-order valence-corrected chi connectivity index (χ0v) is 23.7. The van der Waals surface area contributed by atoms with Gasteiger partial charge in [0, 0.05) is 24.8 Å². The molecule has 5 heterocycles. The third-order valence-corrected chi connectivity index (χ3v) is 4.37. The minimum absolute atomic E-state index is 0.555. The van der Waals surface area contributed by atoms with Crippen molar-refractivity contribution in [2.45, 2.75) is 8.59 Å². The van der Waals surface area contributed by atoms with Gasteiger partial charge in [-0.05, 0) is 48.5 Å². The predicted molar refractivity (Wildman–Crippen MR) is 155 cm³/mol. The maximum absolute atomic E-state index is 4.81. The van der Waals surface area contributed by atoms with Crippen LogP contribution >= 0.6 is 69.6 Å². The van der Waals surface area contributed by atoms with E-state index in [9.17, 15) is 0 Å². The van der Waals surface area contributed by atoms with Crippen molar-refractivity contribution in [1.29, 1.82) is 0 Å². The molecule has 0 fully saturated rings. The molecule has 0 amide bonds. The van der Waals surface area contributed by atoms with E-state index in [4.69, 9.17) is 74.6 Å². The van der Waals surface area contributed by atoms with E-state index in [2.05, 4.69) is 29.9 Å². The van der Waals surface area contributed by atoms with E-state index in [-0.39, 0.29) is 0 Å². The summed E-state index contributed by atoms with van der Waals surface area (Å²) >= 11 is 28.8. The second-order valence-corrected chi connectivity index (χ2v) is 10.8. The number of nitrogens with zero attached hydrogens (tertiary/aromatic N) is 7. The van der Waals surface area contributed by atoms with Gasteiger partial charge in [0.15, 0.2) is 20.2 Å². The number of aromatic nitrogens is 7. The predicted octanol–water partition coefficient (Wildman–Crippen LogP) is 8.09. The lowest BCUT2D eigenvalue weighted by Gasteiger charge is -2.06. The van der Waals surface area contributed by atoms with Crippen molar-refractivity contribution < 1.29 is 0 Å². The lowest BCUT2D eigenvalue weighted by Crippen LogP contribution is -1.97. The maximum atomic E-state index is 4.81. The van der Waals surface area contributed by atoms with Crippen LogP contribution in [-0.4, -0.2) is 43.5 Å². The van der Waals surface area contributed by atoms with E-state index in [1.165, 1.54) is 0 Å². The molecule has 5 aromatic heterocycles. The fourth-order valence-corrected chi connectivity index (χ4v) is 2.96. The first-order chi connectivity index (χ1) is 18.3. The summed E-state index contributed by atoms with van der Waals surface area (Å²) in [5.41, 5.74) is 4.31. The van der Waals surface area contributed by atoms with Gasteiger partial charge in [-0.1, -0.05) is 87.8 Å². The topological polar surface area (TPSA) is 90.2 Å². The van der Waals surface area contributed by atoms with Crippen LogP contribution in [0, 0.1) is 0 Å². The molecule has 0 saturated carbocycles. The van der Waals surface area contributed by atoms with Gasteiger partial charge in [-0.2, -0.15) is 0 Å². The second-order valence-electron chi connectivity index (χ2n) is 6.86. The van der Waals surface area contributed by atoms with Crippen molar-refractivity contribution in [2.75, 3.05) is 0 Å². The molecule has 0 aliphatic heterocycles. The molecule has 0 aliphatic rings. The number of alkyl halides is 6. The molecule has 0 spiro atoms. The van der Waals surface area contributed by atoms with Crippen molar-refractivity contribution >= 4 is 69.6 Å². The van der Waals surface area contributed by atoms with E-state index in [1.807, 2.05) is 66.7 Å². The largest absolute Gasteiger partial charge is 0.253 e. The second kappa shape index (κ2) is 15.7. The zero-order valence-electron chi connectivity index (χ0n) is 19.2. The fourth-order valence-electron chi connectivity index (χ4n) is 2.96. The molecule has 0 N–H and O–H groups in total. The first kappa shape index (κ1) is 29.9. The van der Waals surface area contributed by atoms with Crippen LogP contribution in [0.4, 0.5) is 0 Å². The third-order valence-electron chi connectivity index (χ3n) is 4.37. The summed E-state index contributed by atoms with van der Waals surface area (Å²) in [7, 11) is 0. The van der Waals surface area contributed by atoms with E-state index < -0.39 is 8.59 Å². The molecular weight excluding hydrogens is 611 g/mol. The van der Waals surface area contributed by atoms with E-state index in [0.717, 1.165) is 11.4 Å². The molecule has 0 bridgehead atoms. The van der Waals surface area contributed by atoms with Gasteiger partial charge < -0.3 is 0 Å². The smallest absolute Gasteiger partial charge is 0.180 e. The monoisotopic (exact) mass is 625 g/mol. The Labute approximate surface area is 249 Å². The van der Waals surface area contributed by atoms with Crippen LogP contribution in [0.2, 0.25) is 0 Å². The van der Waals surface area contributed by atoms with Gasteiger partial charge in [0.1, 0.15) is 11.4 Å². The van der Waals surface area contributed by atoms with Gasteiger partial charge in [0.25, 0.3) is 0 Å². The SMILES string of the molecule is ClC(Cl)Cl.ClC(Cl)Cl.c1ccc(-c2nccc(-c3cccc(-c4ccnc(-c5ccccn5)n4)n3)n2)nc1. The molecule has 0 aliphatic carbocycles. The van der Waals surface area contributed by atoms with Crippen molar-refractivity contribution in [1.82, 2.24) is 34.9 Å². The van der Waals surface area contributed by atoms with Crippen molar-refractivity contribution in [3.8, 4) is 45.8 Å². The summed E-state index contributed by atoms with van der Waals surface area (Å²) in [6.45, 7) is 0. The summed E-state index contributed by atoms with van der Waals surface area (Å²) in [5, 5.41) is 0. The molecule has 7 nitrogen and oxygen atoms in total. The lowest BCUT2D eigenvalue weighted by molar-refractivity contribution is 1.12. The van der Waals surface area contributed by atoms with Gasteiger partial charge in [-0.15, -0.1) is 0 Å². The van der Waals surface area contributed by atoms with Gasteiger partial charge in [0.2, 0.25) is 0 Å². The standard InChI is InChI=1S/C23H15N7.2CHCl3/c1-3-12-24-20(6-1)22-26-14-10-18(29-22)16-8-5-9-17(28-16)19-11-15-27-23(30-19)21-7-2-4-13-25-21;2*2-1(3)4/h1-15H;2*1H. The lowest BCUT2D eigenvalue weighted by atomic mass is 10.2. The number of hydrogen-bond donors (Lipinski definition) is 0. The first-order valence-corrected chi connectivity index (χ1v) is 13.3. The summed E-state index contributed by atoms with van der Waals surface area (Å²) < 4.78 is -1.50. The number of rotatable bonds is 4. The van der Waals surface area contributed by atoms with Crippen LogP contribution in [0.1, 0.15) is 0 Å². The first-order valence-electron chi connectivity index (χ1n) is 10.6. The van der Waals surface area contributed by atoms with Crippen LogP contribution in [0.15, 0.2) is 91.5 Å². The molecule has 13 heteroatoms. The van der Waals surface area contributed by atoms with Crippen LogP contribution < -0.4 is 0 Å². The molecule has 0 saturated heterocycles. The van der Waals surface area contributed by atoms with Gasteiger partial charge >= 0.3 is 0 Å². The van der Waals surface area contributed by atoms with Crippen LogP contribution in [0.25, 0.3) is 45.8 Å². The Morgan fingerprint density at radius 1 is 0.368 bits per heavy atom.